The predicted molar refractivity (Wildman–Crippen MR) is 54.9 cm³/mol. The van der Waals surface area contributed by atoms with Crippen LogP contribution in [-0.4, -0.2) is 18.4 Å². The van der Waals surface area contributed by atoms with Gasteiger partial charge in [0.15, 0.2) is 0 Å². The van der Waals surface area contributed by atoms with Gasteiger partial charge < -0.3 is 15.6 Å². The van der Waals surface area contributed by atoms with E-state index in [0.717, 1.165) is 12.1 Å². The summed E-state index contributed by atoms with van der Waals surface area (Å²) in [5.74, 6) is -0.289. The van der Waals surface area contributed by atoms with Gasteiger partial charge in [-0.05, 0) is 18.2 Å². The molecule has 0 spiro atoms. The molecule has 1 atom stereocenters. The number of hydrogen-bond donors (Lipinski definition) is 2. The zero-order valence-corrected chi connectivity index (χ0v) is 9.10. The van der Waals surface area contributed by atoms with Gasteiger partial charge in [-0.3, -0.25) is 0 Å². The van der Waals surface area contributed by atoms with Gasteiger partial charge in [0.1, 0.15) is 17.5 Å². The lowest BCUT2D eigenvalue weighted by molar-refractivity contribution is -0.149. The van der Waals surface area contributed by atoms with Crippen molar-refractivity contribution in [2.45, 2.75) is 12.2 Å². The fourth-order valence-electron chi connectivity index (χ4n) is 1.09. The van der Waals surface area contributed by atoms with E-state index in [-0.39, 0.29) is 18.2 Å². The Hall–Kier alpha value is -1.14. The molecule has 1 aromatic rings. The molecule has 0 fully saturated rings. The second-order valence-electron chi connectivity index (χ2n) is 2.94. The first-order chi connectivity index (χ1) is 6.86. The summed E-state index contributed by atoms with van der Waals surface area (Å²) in [5.41, 5.74) is 4.55. The Morgan fingerprint density at radius 1 is 1.38 bits per heavy atom. The topological polar surface area (TPSA) is 55.5 Å². The van der Waals surface area contributed by atoms with E-state index in [9.17, 15) is 18.3 Å². The molecular weight excluding hydrogens is 247 g/mol. The Labute approximate surface area is 96.4 Å². The van der Waals surface area contributed by atoms with Gasteiger partial charge in [-0.1, -0.05) is 0 Å². The number of hydrogen-bond acceptors (Lipinski definition) is 3. The van der Waals surface area contributed by atoms with Crippen molar-refractivity contribution >= 4 is 12.4 Å². The van der Waals surface area contributed by atoms with E-state index in [4.69, 9.17) is 10.5 Å². The number of nitrogens with two attached hydrogens (primary N) is 1. The highest BCUT2D eigenvalue weighted by Gasteiger charge is 2.39. The molecule has 0 amide bonds. The van der Waals surface area contributed by atoms with E-state index < -0.39 is 23.5 Å². The molecule has 0 heterocycles. The molecule has 0 unspecified atom stereocenters. The van der Waals surface area contributed by atoms with E-state index in [0.29, 0.717) is 0 Å². The Kier molecular flexibility index (Phi) is 4.89. The van der Waals surface area contributed by atoms with Crippen molar-refractivity contribution in [2.75, 3.05) is 7.11 Å². The lowest BCUT2D eigenvalue weighted by Crippen LogP contribution is -2.28. The number of ether oxygens (including phenoxy) is 1. The van der Waals surface area contributed by atoms with Gasteiger partial charge in [0.05, 0.1) is 7.11 Å². The first-order valence-corrected chi connectivity index (χ1v) is 4.05. The maximum Gasteiger partial charge on any atom is 0.407 e. The van der Waals surface area contributed by atoms with Crippen LogP contribution in [0.4, 0.5) is 13.2 Å². The maximum atomic E-state index is 12.3. The summed E-state index contributed by atoms with van der Waals surface area (Å²) in [7, 11) is 1.31. The summed E-state index contributed by atoms with van der Waals surface area (Å²) in [6.07, 6.45) is -4.59. The number of benzene rings is 1. The van der Waals surface area contributed by atoms with E-state index in [1.165, 1.54) is 13.2 Å². The van der Waals surface area contributed by atoms with Crippen LogP contribution in [0.5, 0.6) is 11.5 Å². The first-order valence-electron chi connectivity index (χ1n) is 4.05. The molecule has 0 radical (unpaired) electrons. The second-order valence-corrected chi connectivity index (χ2v) is 2.94. The number of phenols is 1. The molecule has 16 heavy (non-hydrogen) atoms. The summed E-state index contributed by atoms with van der Waals surface area (Å²) in [6, 6.07) is 1.31. The van der Waals surface area contributed by atoms with E-state index in [1.807, 2.05) is 0 Å². The highest BCUT2D eigenvalue weighted by molar-refractivity contribution is 5.85. The lowest BCUT2D eigenvalue weighted by atomic mass is 10.1. The second kappa shape index (κ2) is 5.27. The predicted octanol–water partition coefficient (Wildman–Crippen LogP) is 2.38. The minimum absolute atomic E-state index is 0. The summed E-state index contributed by atoms with van der Waals surface area (Å²) in [5, 5.41) is 9.23. The van der Waals surface area contributed by atoms with Gasteiger partial charge in [0, 0.05) is 5.56 Å². The average molecular weight is 258 g/mol. The molecule has 0 bridgehead atoms. The summed E-state index contributed by atoms with van der Waals surface area (Å²) < 4.78 is 41.6. The first kappa shape index (κ1) is 14.9. The van der Waals surface area contributed by atoms with Gasteiger partial charge in [0.25, 0.3) is 0 Å². The minimum atomic E-state index is -4.59. The van der Waals surface area contributed by atoms with Crippen LogP contribution in [0.3, 0.4) is 0 Å². The van der Waals surface area contributed by atoms with E-state index in [1.54, 1.807) is 0 Å². The van der Waals surface area contributed by atoms with Crippen molar-refractivity contribution in [1.29, 1.82) is 0 Å². The largest absolute Gasteiger partial charge is 0.508 e. The van der Waals surface area contributed by atoms with Crippen molar-refractivity contribution in [3.63, 3.8) is 0 Å². The fourth-order valence-corrected chi connectivity index (χ4v) is 1.09. The lowest BCUT2D eigenvalue weighted by Gasteiger charge is -2.17. The van der Waals surface area contributed by atoms with Crippen LogP contribution in [0.15, 0.2) is 18.2 Å². The standard InChI is InChI=1S/C9H10F3NO2.ClH/c1-15-5-2-3-7(14)6(4-5)8(13)9(10,11)12;/h2-4,8,14H,13H2,1H3;1H/t8-;/m0./s1. The highest BCUT2D eigenvalue weighted by atomic mass is 35.5. The van der Waals surface area contributed by atoms with Gasteiger partial charge in [-0.2, -0.15) is 13.2 Å². The molecule has 3 N–H and O–H groups in total. The van der Waals surface area contributed by atoms with Gasteiger partial charge in [-0.15, -0.1) is 12.4 Å². The third kappa shape index (κ3) is 3.18. The van der Waals surface area contributed by atoms with Crippen molar-refractivity contribution in [3.8, 4) is 11.5 Å². The van der Waals surface area contributed by atoms with Crippen LogP contribution in [0.2, 0.25) is 0 Å². The molecule has 1 aromatic carbocycles. The third-order valence-corrected chi connectivity index (χ3v) is 1.92. The Balaban J connectivity index is 0.00000225. The van der Waals surface area contributed by atoms with Crippen molar-refractivity contribution in [2.24, 2.45) is 5.73 Å². The summed E-state index contributed by atoms with van der Waals surface area (Å²) >= 11 is 0. The number of rotatable bonds is 2. The van der Waals surface area contributed by atoms with Crippen LogP contribution >= 0.6 is 12.4 Å². The monoisotopic (exact) mass is 257 g/mol. The molecule has 0 aliphatic heterocycles. The number of phenolic OH excluding ortho intramolecular Hbond substituents is 1. The summed E-state index contributed by atoms with van der Waals surface area (Å²) in [4.78, 5) is 0. The minimum Gasteiger partial charge on any atom is -0.508 e. The van der Waals surface area contributed by atoms with Crippen LogP contribution in [0.25, 0.3) is 0 Å². The number of halogens is 4. The molecule has 1 rings (SSSR count). The highest BCUT2D eigenvalue weighted by Crippen LogP contribution is 2.36. The molecule has 0 aliphatic rings. The van der Waals surface area contributed by atoms with Crippen LogP contribution in [0.1, 0.15) is 11.6 Å². The summed E-state index contributed by atoms with van der Waals surface area (Å²) in [6.45, 7) is 0. The zero-order chi connectivity index (χ0) is 11.6. The van der Waals surface area contributed by atoms with Gasteiger partial charge in [-0.25, -0.2) is 0 Å². The third-order valence-electron chi connectivity index (χ3n) is 1.92. The Morgan fingerprint density at radius 3 is 2.38 bits per heavy atom. The molecule has 0 aromatic heterocycles. The van der Waals surface area contributed by atoms with Crippen LogP contribution in [0, 0.1) is 0 Å². The SMILES string of the molecule is COc1ccc(O)c([C@H](N)C(F)(F)F)c1.Cl. The quantitative estimate of drug-likeness (QED) is 0.855. The molecule has 3 nitrogen and oxygen atoms in total. The molecule has 7 heteroatoms. The van der Waals surface area contributed by atoms with E-state index >= 15 is 0 Å². The normalized spacial score (nSPS) is 12.8. The number of alkyl halides is 3. The average Bonchev–Trinajstić information content (AvgIpc) is 2.16. The van der Waals surface area contributed by atoms with Crippen molar-refractivity contribution in [3.05, 3.63) is 23.8 Å². The Morgan fingerprint density at radius 2 is 1.94 bits per heavy atom. The zero-order valence-electron chi connectivity index (χ0n) is 8.28. The molecule has 0 aliphatic carbocycles. The molecule has 92 valence electrons. The molecular formula is C9H11ClF3NO2. The molecule has 0 saturated heterocycles. The van der Waals surface area contributed by atoms with E-state index in [2.05, 4.69) is 0 Å². The Bertz CT molecular complexity index is 357. The molecule has 0 saturated carbocycles. The van der Waals surface area contributed by atoms with Crippen molar-refractivity contribution in [1.82, 2.24) is 0 Å². The van der Waals surface area contributed by atoms with Crippen molar-refractivity contribution < 1.29 is 23.0 Å². The number of aromatic hydroxyl groups is 1. The van der Waals surface area contributed by atoms with Crippen LogP contribution in [-0.2, 0) is 0 Å². The van der Waals surface area contributed by atoms with Crippen LogP contribution < -0.4 is 10.5 Å². The van der Waals surface area contributed by atoms with Gasteiger partial charge in [0.2, 0.25) is 0 Å². The number of methoxy groups -OCH3 is 1. The van der Waals surface area contributed by atoms with Gasteiger partial charge >= 0.3 is 6.18 Å². The maximum absolute atomic E-state index is 12.3. The smallest absolute Gasteiger partial charge is 0.407 e. The fraction of sp³-hybridized carbons (Fsp3) is 0.333.